The maximum atomic E-state index is 12.7. The predicted octanol–water partition coefficient (Wildman–Crippen LogP) is 2.79. The molecule has 1 saturated carbocycles. The Labute approximate surface area is 181 Å². The maximum absolute atomic E-state index is 12.7. The fourth-order valence-corrected chi connectivity index (χ4v) is 4.91. The van der Waals surface area contributed by atoms with E-state index in [0.29, 0.717) is 12.5 Å². The highest BCUT2D eigenvalue weighted by Crippen LogP contribution is 2.28. The minimum Gasteiger partial charge on any atom is -0.365 e. The largest absolute Gasteiger partial charge is 0.365 e. The lowest BCUT2D eigenvalue weighted by Gasteiger charge is -2.22. The van der Waals surface area contributed by atoms with E-state index in [1.54, 1.807) is 32.0 Å². The van der Waals surface area contributed by atoms with Gasteiger partial charge in [-0.1, -0.05) is 31.4 Å². The Bertz CT molecular complexity index is 1100. The molecule has 0 unspecified atom stereocenters. The number of primary amides is 1. The van der Waals surface area contributed by atoms with Crippen LogP contribution >= 0.6 is 0 Å². The zero-order valence-electron chi connectivity index (χ0n) is 17.8. The van der Waals surface area contributed by atoms with Crippen molar-refractivity contribution in [2.24, 2.45) is 11.7 Å². The molecule has 3 rings (SSSR count). The summed E-state index contributed by atoms with van der Waals surface area (Å²) >= 11 is 0. The molecule has 2 aromatic rings. The lowest BCUT2D eigenvalue weighted by molar-refractivity contribution is 0.0999. The molecule has 10 heteroatoms. The van der Waals surface area contributed by atoms with Gasteiger partial charge in [0.1, 0.15) is 5.56 Å². The zero-order chi connectivity index (χ0) is 22.6. The van der Waals surface area contributed by atoms with Crippen LogP contribution in [0.2, 0.25) is 0 Å². The molecule has 0 radical (unpaired) electrons. The summed E-state index contributed by atoms with van der Waals surface area (Å²) in [5, 5.41) is 5.34. The molecule has 0 saturated heterocycles. The molecule has 1 fully saturated rings. The number of amides is 1. The number of aromatic nitrogens is 2. The van der Waals surface area contributed by atoms with E-state index >= 15 is 0 Å². The Hall–Kier alpha value is -2.88. The van der Waals surface area contributed by atoms with Gasteiger partial charge in [0.2, 0.25) is 5.95 Å². The molecule has 1 aromatic heterocycles. The van der Waals surface area contributed by atoms with Gasteiger partial charge in [-0.25, -0.2) is 8.42 Å². The van der Waals surface area contributed by atoms with Crippen LogP contribution in [0.1, 0.15) is 56.3 Å². The second kappa shape index (κ2) is 9.51. The first kappa shape index (κ1) is 22.8. The average Bonchev–Trinajstić information content (AvgIpc) is 2.72. The van der Waals surface area contributed by atoms with Crippen LogP contribution in [0.5, 0.6) is 0 Å². The van der Waals surface area contributed by atoms with Gasteiger partial charge in [0.05, 0.1) is 15.8 Å². The number of anilines is 3. The van der Waals surface area contributed by atoms with Crippen LogP contribution in [0, 0.1) is 5.92 Å². The summed E-state index contributed by atoms with van der Waals surface area (Å²) in [5.74, 6) is -0.358. The van der Waals surface area contributed by atoms with E-state index in [0.717, 1.165) is 12.8 Å². The van der Waals surface area contributed by atoms with E-state index in [2.05, 4.69) is 20.6 Å². The minimum absolute atomic E-state index is 0.0548. The van der Waals surface area contributed by atoms with Crippen LogP contribution in [0.15, 0.2) is 34.0 Å². The maximum Gasteiger partial charge on any atom is 0.267 e. The first-order chi connectivity index (χ1) is 14.7. The summed E-state index contributed by atoms with van der Waals surface area (Å²) in [4.78, 5) is 31.4. The summed E-state index contributed by atoms with van der Waals surface area (Å²) in [5.41, 5.74) is 4.57. The van der Waals surface area contributed by atoms with Crippen LogP contribution in [-0.2, 0) is 9.84 Å². The van der Waals surface area contributed by atoms with Crippen LogP contribution in [-0.4, -0.2) is 36.1 Å². The van der Waals surface area contributed by atoms with Gasteiger partial charge in [-0.05, 0) is 44.7 Å². The minimum atomic E-state index is -3.61. The van der Waals surface area contributed by atoms with Crippen molar-refractivity contribution in [1.29, 1.82) is 0 Å². The fourth-order valence-electron chi connectivity index (χ4n) is 3.71. The number of hydrogen-bond acceptors (Lipinski definition) is 7. The number of nitrogens with one attached hydrogen (secondary N) is 3. The normalized spacial score (nSPS) is 15.1. The van der Waals surface area contributed by atoms with Crippen LogP contribution < -0.4 is 21.9 Å². The van der Waals surface area contributed by atoms with E-state index in [9.17, 15) is 18.0 Å². The van der Waals surface area contributed by atoms with E-state index in [1.807, 2.05) is 0 Å². The van der Waals surface area contributed by atoms with E-state index in [1.165, 1.54) is 25.3 Å². The number of carbonyl (C=O) groups excluding carboxylic acids is 1. The second-order valence-electron chi connectivity index (χ2n) is 8.10. The lowest BCUT2D eigenvalue weighted by atomic mass is 9.89. The van der Waals surface area contributed by atoms with Crippen molar-refractivity contribution in [2.45, 2.75) is 56.1 Å². The predicted molar refractivity (Wildman–Crippen MR) is 120 cm³/mol. The smallest absolute Gasteiger partial charge is 0.267 e. The third kappa shape index (κ3) is 5.25. The monoisotopic (exact) mass is 447 g/mol. The summed E-state index contributed by atoms with van der Waals surface area (Å²) in [6, 6.07) is 6.29. The third-order valence-corrected chi connectivity index (χ3v) is 7.73. The van der Waals surface area contributed by atoms with E-state index in [4.69, 9.17) is 5.73 Å². The van der Waals surface area contributed by atoms with E-state index in [-0.39, 0.29) is 27.9 Å². The van der Waals surface area contributed by atoms with Gasteiger partial charge in [0.15, 0.2) is 15.7 Å². The molecule has 5 N–H and O–H groups in total. The molecule has 1 heterocycles. The number of nitrogens with zero attached hydrogens (tertiary/aromatic N) is 1. The lowest BCUT2D eigenvalue weighted by Crippen LogP contribution is -2.28. The third-order valence-electron chi connectivity index (χ3n) is 5.52. The summed E-state index contributed by atoms with van der Waals surface area (Å²) in [6.45, 7) is 3.82. The van der Waals surface area contributed by atoms with Crippen molar-refractivity contribution < 1.29 is 13.2 Å². The number of H-pyrrole nitrogens is 1. The molecule has 9 nitrogen and oxygen atoms in total. The number of benzene rings is 1. The van der Waals surface area contributed by atoms with Gasteiger partial charge in [0, 0.05) is 6.54 Å². The Morgan fingerprint density at radius 3 is 2.55 bits per heavy atom. The highest BCUT2D eigenvalue weighted by atomic mass is 32.2. The Morgan fingerprint density at radius 1 is 1.23 bits per heavy atom. The molecule has 1 aliphatic rings. The molecule has 0 spiro atoms. The number of carbonyl (C=O) groups is 1. The van der Waals surface area contributed by atoms with Crippen molar-refractivity contribution in [3.05, 3.63) is 40.2 Å². The van der Waals surface area contributed by atoms with Crippen LogP contribution in [0.4, 0.5) is 17.5 Å². The molecular formula is C21H29N5O4S. The molecule has 0 atom stereocenters. The van der Waals surface area contributed by atoms with Crippen molar-refractivity contribution in [2.75, 3.05) is 17.2 Å². The van der Waals surface area contributed by atoms with Gasteiger partial charge in [0.25, 0.3) is 11.5 Å². The van der Waals surface area contributed by atoms with Crippen molar-refractivity contribution in [3.8, 4) is 0 Å². The highest BCUT2D eigenvalue weighted by Gasteiger charge is 2.24. The van der Waals surface area contributed by atoms with Crippen LogP contribution in [0.3, 0.4) is 0 Å². The molecule has 0 bridgehead atoms. The number of aromatic amines is 1. The molecule has 1 amide bonds. The number of para-hydroxylation sites is 1. The Kier molecular flexibility index (Phi) is 6.99. The van der Waals surface area contributed by atoms with Crippen molar-refractivity contribution >= 4 is 33.2 Å². The molecule has 168 valence electrons. The first-order valence-electron chi connectivity index (χ1n) is 10.5. The average molecular weight is 448 g/mol. The van der Waals surface area contributed by atoms with Crippen molar-refractivity contribution in [3.63, 3.8) is 0 Å². The molecule has 1 aromatic carbocycles. The first-order valence-corrected chi connectivity index (χ1v) is 12.0. The number of hydrogen-bond donors (Lipinski definition) is 4. The van der Waals surface area contributed by atoms with Crippen molar-refractivity contribution in [1.82, 2.24) is 9.97 Å². The fraction of sp³-hybridized carbons (Fsp3) is 0.476. The number of sulfone groups is 1. The quantitative estimate of drug-likeness (QED) is 0.486. The second-order valence-corrected chi connectivity index (χ2v) is 10.6. The Balaban J connectivity index is 1.96. The standard InChI is InChI=1S/C21H29N5O4S/c1-13(2)31(29,30)16-11-7-6-10-15(16)24-19-17(18(22)27)20(28)26-21(25-19)23-12-14-8-4-3-5-9-14/h6-7,10-11,13-14H,3-5,8-9,12H2,1-2H3,(H2,22,27)(H3,23,24,25,26,28). The van der Waals surface area contributed by atoms with Gasteiger partial charge in [-0.3, -0.25) is 14.6 Å². The van der Waals surface area contributed by atoms with Gasteiger partial charge in [-0.2, -0.15) is 4.98 Å². The molecule has 31 heavy (non-hydrogen) atoms. The van der Waals surface area contributed by atoms with Gasteiger partial charge >= 0.3 is 0 Å². The molecule has 1 aliphatic carbocycles. The van der Waals surface area contributed by atoms with E-state index < -0.39 is 26.6 Å². The Morgan fingerprint density at radius 2 is 1.90 bits per heavy atom. The molecular weight excluding hydrogens is 418 g/mol. The molecule has 0 aliphatic heterocycles. The number of nitrogens with two attached hydrogens (primary N) is 1. The van der Waals surface area contributed by atoms with Gasteiger partial charge < -0.3 is 16.4 Å². The van der Waals surface area contributed by atoms with Gasteiger partial charge in [-0.15, -0.1) is 0 Å². The number of rotatable bonds is 8. The SMILES string of the molecule is CC(C)S(=O)(=O)c1ccccc1Nc1nc(NCC2CCCCC2)[nH]c(=O)c1C(N)=O. The summed E-state index contributed by atoms with van der Waals surface area (Å²) in [6.07, 6.45) is 5.84. The highest BCUT2D eigenvalue weighted by molar-refractivity contribution is 7.92. The van der Waals surface area contributed by atoms with Crippen LogP contribution in [0.25, 0.3) is 0 Å². The summed E-state index contributed by atoms with van der Waals surface area (Å²) < 4.78 is 25.5. The summed E-state index contributed by atoms with van der Waals surface area (Å²) in [7, 11) is -3.61. The topological polar surface area (TPSA) is 147 Å². The zero-order valence-corrected chi connectivity index (χ0v) is 18.6.